The van der Waals surface area contributed by atoms with Gasteiger partial charge in [0.15, 0.2) is 0 Å². The van der Waals surface area contributed by atoms with Gasteiger partial charge in [-0.05, 0) is 99.8 Å². The average Bonchev–Trinajstić information content (AvgIpc) is 3.81. The molecule has 0 atom stereocenters. The van der Waals surface area contributed by atoms with Crippen LogP contribution in [0, 0.1) is 0 Å². The zero-order valence-corrected chi connectivity index (χ0v) is 29.9. The van der Waals surface area contributed by atoms with Crippen LogP contribution >= 0.6 is 0 Å². The summed E-state index contributed by atoms with van der Waals surface area (Å²) in [5, 5.41) is 7.17. The van der Waals surface area contributed by atoms with E-state index in [9.17, 15) is 0 Å². The molecule has 0 saturated carbocycles. The van der Waals surface area contributed by atoms with Gasteiger partial charge in [-0.1, -0.05) is 140 Å². The Balaban J connectivity index is 1.09. The van der Waals surface area contributed by atoms with Crippen LogP contribution in [0.5, 0.6) is 0 Å². The van der Waals surface area contributed by atoms with Gasteiger partial charge in [0.1, 0.15) is 11.2 Å². The van der Waals surface area contributed by atoms with Crippen LogP contribution in [0.4, 0.5) is 17.1 Å². The Kier molecular flexibility index (Phi) is 7.17. The predicted octanol–water partition coefficient (Wildman–Crippen LogP) is 14.6. The lowest BCUT2D eigenvalue weighted by atomic mass is 9.99. The molecule has 0 bridgehead atoms. The Bertz CT molecular complexity index is 3180. The number of fused-ring (bicyclic) bond motifs is 8. The normalized spacial score (nSPS) is 11.6. The summed E-state index contributed by atoms with van der Waals surface area (Å²) in [6, 6.07) is 73.9. The monoisotopic (exact) mass is 702 g/mol. The summed E-state index contributed by atoms with van der Waals surface area (Å²) in [4.78, 5) is 2.40. The van der Waals surface area contributed by atoms with E-state index in [0.717, 1.165) is 55.9 Å². The van der Waals surface area contributed by atoms with E-state index >= 15 is 0 Å². The standard InChI is InChI=1S/C52H34N2O/c1-3-12-35(13-4-1)36-22-28-41(29-23-36)53(48-21-11-19-45-44-18-9-10-20-47(44)54(52(45)48)40-15-5-2-6-16-40)42-30-24-37(25-31-42)39-27-32-49-46(34-39)51-43-17-8-7-14-38(43)26-33-50(51)55-49/h1-34H. The van der Waals surface area contributed by atoms with Gasteiger partial charge in [0.2, 0.25) is 0 Å². The van der Waals surface area contributed by atoms with Gasteiger partial charge in [0.25, 0.3) is 0 Å². The summed E-state index contributed by atoms with van der Waals surface area (Å²) < 4.78 is 8.74. The number of hydrogen-bond acceptors (Lipinski definition) is 2. The van der Waals surface area contributed by atoms with E-state index in [0.29, 0.717) is 0 Å². The largest absolute Gasteiger partial charge is 0.456 e. The molecule has 2 heterocycles. The lowest BCUT2D eigenvalue weighted by Gasteiger charge is -2.27. The molecule has 3 nitrogen and oxygen atoms in total. The summed E-state index contributed by atoms with van der Waals surface area (Å²) in [5.41, 5.74) is 13.3. The zero-order valence-electron chi connectivity index (χ0n) is 29.9. The van der Waals surface area contributed by atoms with Crippen LogP contribution in [0.1, 0.15) is 0 Å². The van der Waals surface area contributed by atoms with Gasteiger partial charge in [-0.15, -0.1) is 0 Å². The molecule has 0 amide bonds. The first-order valence-electron chi connectivity index (χ1n) is 18.8. The second kappa shape index (κ2) is 12.6. The van der Waals surface area contributed by atoms with Crippen molar-refractivity contribution in [2.45, 2.75) is 0 Å². The van der Waals surface area contributed by atoms with Crippen molar-refractivity contribution in [3.8, 4) is 27.9 Å². The maximum absolute atomic E-state index is 6.33. The number of para-hydroxylation sites is 3. The Morgan fingerprint density at radius 3 is 1.73 bits per heavy atom. The second-order valence-electron chi connectivity index (χ2n) is 14.1. The van der Waals surface area contributed by atoms with Crippen LogP contribution in [0.25, 0.3) is 82.5 Å². The van der Waals surface area contributed by atoms with Crippen molar-refractivity contribution < 1.29 is 4.42 Å². The van der Waals surface area contributed by atoms with Gasteiger partial charge in [-0.25, -0.2) is 0 Å². The van der Waals surface area contributed by atoms with Gasteiger partial charge in [0, 0.05) is 38.6 Å². The lowest BCUT2D eigenvalue weighted by Crippen LogP contribution is -2.11. The van der Waals surface area contributed by atoms with Crippen molar-refractivity contribution in [3.63, 3.8) is 0 Å². The molecule has 3 heteroatoms. The number of rotatable bonds is 6. The quantitative estimate of drug-likeness (QED) is 0.172. The van der Waals surface area contributed by atoms with Crippen LogP contribution < -0.4 is 4.90 Å². The highest BCUT2D eigenvalue weighted by atomic mass is 16.3. The van der Waals surface area contributed by atoms with Crippen molar-refractivity contribution in [3.05, 3.63) is 206 Å². The van der Waals surface area contributed by atoms with Crippen LogP contribution in [-0.2, 0) is 0 Å². The molecule has 11 aromatic rings. The maximum Gasteiger partial charge on any atom is 0.136 e. The first-order valence-corrected chi connectivity index (χ1v) is 18.8. The van der Waals surface area contributed by atoms with Crippen LogP contribution in [-0.4, -0.2) is 4.57 Å². The van der Waals surface area contributed by atoms with Crippen LogP contribution in [0.2, 0.25) is 0 Å². The highest BCUT2D eigenvalue weighted by Crippen LogP contribution is 2.44. The summed E-state index contributed by atoms with van der Waals surface area (Å²) >= 11 is 0. The molecule has 11 rings (SSSR count). The molecule has 0 spiro atoms. The molecule has 0 aliphatic rings. The molecule has 0 fully saturated rings. The summed E-state index contributed by atoms with van der Waals surface area (Å²) in [6.07, 6.45) is 0. The second-order valence-corrected chi connectivity index (χ2v) is 14.1. The topological polar surface area (TPSA) is 21.3 Å². The number of anilines is 3. The minimum atomic E-state index is 0.902. The van der Waals surface area contributed by atoms with Gasteiger partial charge >= 0.3 is 0 Å². The molecule has 9 aromatic carbocycles. The zero-order chi connectivity index (χ0) is 36.3. The third-order valence-corrected chi connectivity index (χ3v) is 11.0. The number of hydrogen-bond donors (Lipinski definition) is 0. The Morgan fingerprint density at radius 2 is 0.964 bits per heavy atom. The Labute approximate surface area is 318 Å². The molecular weight excluding hydrogens is 669 g/mol. The Hall–Kier alpha value is -7.36. The number of nitrogens with zero attached hydrogens (tertiary/aromatic N) is 2. The highest BCUT2D eigenvalue weighted by Gasteiger charge is 2.22. The molecule has 2 aromatic heterocycles. The van der Waals surface area contributed by atoms with Crippen molar-refractivity contribution in [2.24, 2.45) is 0 Å². The predicted molar refractivity (Wildman–Crippen MR) is 231 cm³/mol. The van der Waals surface area contributed by atoms with Crippen molar-refractivity contribution >= 4 is 71.6 Å². The molecule has 0 saturated heterocycles. The van der Waals surface area contributed by atoms with Gasteiger partial charge in [-0.3, -0.25) is 0 Å². The minimum absolute atomic E-state index is 0.902. The number of aromatic nitrogens is 1. The Morgan fingerprint density at radius 1 is 0.382 bits per heavy atom. The van der Waals surface area contributed by atoms with E-state index < -0.39 is 0 Å². The molecule has 0 aliphatic carbocycles. The van der Waals surface area contributed by atoms with Crippen molar-refractivity contribution in [1.82, 2.24) is 4.57 Å². The first-order chi connectivity index (χ1) is 27.3. The molecule has 0 aliphatic heterocycles. The van der Waals surface area contributed by atoms with Gasteiger partial charge in [-0.2, -0.15) is 0 Å². The van der Waals surface area contributed by atoms with E-state index in [2.05, 4.69) is 216 Å². The van der Waals surface area contributed by atoms with Crippen LogP contribution in [0.3, 0.4) is 0 Å². The molecule has 258 valence electrons. The summed E-state index contributed by atoms with van der Waals surface area (Å²) in [7, 11) is 0. The average molecular weight is 703 g/mol. The third kappa shape index (κ3) is 5.13. The van der Waals surface area contributed by atoms with Gasteiger partial charge in [0.05, 0.1) is 16.7 Å². The summed E-state index contributed by atoms with van der Waals surface area (Å²) in [6.45, 7) is 0. The molecule has 0 radical (unpaired) electrons. The smallest absolute Gasteiger partial charge is 0.136 e. The third-order valence-electron chi connectivity index (χ3n) is 11.0. The van der Waals surface area contributed by atoms with E-state index in [4.69, 9.17) is 4.42 Å². The molecule has 0 N–H and O–H groups in total. The number of benzene rings is 9. The van der Waals surface area contributed by atoms with Crippen molar-refractivity contribution in [2.75, 3.05) is 4.90 Å². The van der Waals surface area contributed by atoms with E-state index in [-0.39, 0.29) is 0 Å². The summed E-state index contributed by atoms with van der Waals surface area (Å²) in [5.74, 6) is 0. The number of furan rings is 1. The fourth-order valence-electron chi connectivity index (χ4n) is 8.42. The lowest BCUT2D eigenvalue weighted by molar-refractivity contribution is 0.669. The highest BCUT2D eigenvalue weighted by molar-refractivity contribution is 6.19. The van der Waals surface area contributed by atoms with Crippen LogP contribution in [0.15, 0.2) is 211 Å². The maximum atomic E-state index is 6.33. The fourth-order valence-corrected chi connectivity index (χ4v) is 8.42. The minimum Gasteiger partial charge on any atom is -0.456 e. The molecular formula is C52H34N2O. The molecule has 55 heavy (non-hydrogen) atoms. The van der Waals surface area contributed by atoms with E-state index in [1.807, 2.05) is 0 Å². The van der Waals surface area contributed by atoms with E-state index in [1.54, 1.807) is 0 Å². The van der Waals surface area contributed by atoms with E-state index in [1.165, 1.54) is 43.6 Å². The first kappa shape index (κ1) is 31.2. The fraction of sp³-hybridized carbons (Fsp3) is 0. The SMILES string of the molecule is c1ccc(-c2ccc(N(c3ccc(-c4ccc5oc6ccc7ccccc7c6c5c4)cc3)c3cccc4c5ccccc5n(-c5ccccc5)c34)cc2)cc1. The molecule has 0 unspecified atom stereocenters. The van der Waals surface area contributed by atoms with Crippen molar-refractivity contribution in [1.29, 1.82) is 0 Å². The van der Waals surface area contributed by atoms with Gasteiger partial charge < -0.3 is 13.9 Å².